The molecule has 1 unspecified atom stereocenters. The van der Waals surface area contributed by atoms with Crippen LogP contribution in [0.4, 0.5) is 0 Å². The molecule has 0 bridgehead atoms. The van der Waals surface area contributed by atoms with Gasteiger partial charge in [0.1, 0.15) is 6.04 Å². The molecule has 1 aliphatic heterocycles. The summed E-state index contributed by atoms with van der Waals surface area (Å²) in [6.07, 6.45) is 2.21. The largest absolute Gasteiger partial charge is 0.341 e. The van der Waals surface area contributed by atoms with Crippen LogP contribution in [0.3, 0.4) is 0 Å². The third-order valence-electron chi connectivity index (χ3n) is 4.47. The molecule has 2 rings (SSSR count). The third-order valence-corrected chi connectivity index (χ3v) is 4.47. The predicted molar refractivity (Wildman–Crippen MR) is 105 cm³/mol. The Morgan fingerprint density at radius 1 is 1.21 bits per heavy atom. The average Bonchev–Trinajstić information content (AvgIpc) is 2.54. The van der Waals surface area contributed by atoms with Crippen LogP contribution in [-0.2, 0) is 4.79 Å². The van der Waals surface area contributed by atoms with Crippen LogP contribution in [-0.4, -0.2) is 56.0 Å². The second kappa shape index (κ2) is 11.7. The Bertz CT molecular complexity index is 463. The van der Waals surface area contributed by atoms with Crippen molar-refractivity contribution in [2.45, 2.75) is 25.8 Å². The van der Waals surface area contributed by atoms with Crippen molar-refractivity contribution in [3.63, 3.8) is 0 Å². The molecule has 0 aromatic heterocycles. The number of carbonyl (C=O) groups is 1. The summed E-state index contributed by atoms with van der Waals surface area (Å²) < 4.78 is 0. The highest BCUT2D eigenvalue weighted by atomic mass is 35.5. The van der Waals surface area contributed by atoms with Crippen molar-refractivity contribution in [2.75, 3.05) is 40.3 Å². The molecule has 0 aliphatic carbocycles. The van der Waals surface area contributed by atoms with E-state index in [4.69, 9.17) is 0 Å². The van der Waals surface area contributed by atoms with Gasteiger partial charge in [0.25, 0.3) is 0 Å². The number of hydrogen-bond donors (Lipinski definition) is 1. The van der Waals surface area contributed by atoms with Gasteiger partial charge >= 0.3 is 0 Å². The van der Waals surface area contributed by atoms with Gasteiger partial charge in [0, 0.05) is 13.1 Å². The first-order valence-electron chi connectivity index (χ1n) is 8.34. The summed E-state index contributed by atoms with van der Waals surface area (Å²) in [5.74, 6) is 0.941. The molecule has 138 valence electrons. The first kappa shape index (κ1) is 23.2. The van der Waals surface area contributed by atoms with Gasteiger partial charge in [-0.3, -0.25) is 9.69 Å². The zero-order valence-electron chi connectivity index (χ0n) is 14.9. The molecule has 6 heteroatoms. The Labute approximate surface area is 158 Å². The summed E-state index contributed by atoms with van der Waals surface area (Å²) in [6, 6.07) is 9.91. The molecule has 0 saturated carbocycles. The maximum Gasteiger partial charge on any atom is 0.244 e. The topological polar surface area (TPSA) is 35.6 Å². The normalized spacial score (nSPS) is 16.2. The van der Waals surface area contributed by atoms with Crippen molar-refractivity contribution in [1.82, 2.24) is 15.1 Å². The fraction of sp³-hybridized carbons (Fsp3) is 0.611. The number of nitrogens with one attached hydrogen (secondary N) is 1. The first-order chi connectivity index (χ1) is 10.6. The van der Waals surface area contributed by atoms with E-state index < -0.39 is 0 Å². The second-order valence-corrected chi connectivity index (χ2v) is 6.35. The van der Waals surface area contributed by atoms with Crippen molar-refractivity contribution in [3.05, 3.63) is 35.9 Å². The zero-order chi connectivity index (χ0) is 15.9. The Morgan fingerprint density at radius 3 is 2.29 bits per heavy atom. The summed E-state index contributed by atoms with van der Waals surface area (Å²) in [7, 11) is 3.96. The fourth-order valence-electron chi connectivity index (χ4n) is 3.18. The number of hydrogen-bond acceptors (Lipinski definition) is 3. The zero-order valence-corrected chi connectivity index (χ0v) is 16.5. The number of halogens is 2. The standard InChI is InChI=1S/C18H29N3O.2ClH/c1-4-19-14-15-10-12-21(13-11-15)18(22)17(20(2)3)16-8-6-5-7-9-16;;/h5-9,15,17,19H,4,10-14H2,1-3H3;2*1H. The van der Waals surface area contributed by atoms with Crippen LogP contribution < -0.4 is 5.32 Å². The Hall–Kier alpha value is -0.810. The van der Waals surface area contributed by atoms with E-state index in [1.807, 2.05) is 54.2 Å². The minimum Gasteiger partial charge on any atom is -0.341 e. The number of nitrogens with zero attached hydrogens (tertiary/aromatic N) is 2. The fourth-order valence-corrected chi connectivity index (χ4v) is 3.18. The number of likely N-dealkylation sites (N-methyl/N-ethyl adjacent to an activating group) is 1. The molecule has 1 N–H and O–H groups in total. The average molecular weight is 376 g/mol. The molecular formula is C18H31Cl2N3O. The lowest BCUT2D eigenvalue weighted by Crippen LogP contribution is -2.45. The van der Waals surface area contributed by atoms with Crippen LogP contribution in [0.25, 0.3) is 0 Å². The molecule has 24 heavy (non-hydrogen) atoms. The molecule has 4 nitrogen and oxygen atoms in total. The molecule has 1 heterocycles. The van der Waals surface area contributed by atoms with Crippen LogP contribution in [0, 0.1) is 5.92 Å². The molecule has 0 spiro atoms. The highest BCUT2D eigenvalue weighted by Crippen LogP contribution is 2.24. The maximum absolute atomic E-state index is 12.9. The highest BCUT2D eigenvalue weighted by molar-refractivity contribution is 5.85. The van der Waals surface area contributed by atoms with Crippen LogP contribution in [0.1, 0.15) is 31.4 Å². The third kappa shape index (κ3) is 6.25. The SMILES string of the molecule is CCNCC1CCN(C(=O)C(c2ccccc2)N(C)C)CC1.Cl.Cl. The van der Waals surface area contributed by atoms with Gasteiger partial charge in [-0.25, -0.2) is 0 Å². The van der Waals surface area contributed by atoms with E-state index in [0.717, 1.165) is 44.6 Å². The van der Waals surface area contributed by atoms with Gasteiger partial charge in [-0.05, 0) is 51.5 Å². The molecule has 1 saturated heterocycles. The lowest BCUT2D eigenvalue weighted by atomic mass is 9.95. The number of carbonyl (C=O) groups excluding carboxylic acids is 1. The van der Waals surface area contributed by atoms with Crippen molar-refractivity contribution in [3.8, 4) is 0 Å². The van der Waals surface area contributed by atoms with Crippen molar-refractivity contribution in [2.24, 2.45) is 5.92 Å². The van der Waals surface area contributed by atoms with E-state index in [0.29, 0.717) is 5.92 Å². The first-order valence-corrected chi connectivity index (χ1v) is 8.34. The van der Waals surface area contributed by atoms with E-state index in [-0.39, 0.29) is 36.8 Å². The van der Waals surface area contributed by atoms with Gasteiger partial charge in [0.2, 0.25) is 5.91 Å². The Morgan fingerprint density at radius 2 is 1.79 bits per heavy atom. The smallest absolute Gasteiger partial charge is 0.244 e. The summed E-state index contributed by atoms with van der Waals surface area (Å²) >= 11 is 0. The van der Waals surface area contributed by atoms with E-state index >= 15 is 0 Å². The summed E-state index contributed by atoms with van der Waals surface area (Å²) in [5, 5.41) is 3.42. The molecule has 1 amide bonds. The van der Waals surface area contributed by atoms with Crippen LogP contribution in [0.2, 0.25) is 0 Å². The van der Waals surface area contributed by atoms with Gasteiger partial charge in [-0.1, -0.05) is 37.3 Å². The lowest BCUT2D eigenvalue weighted by molar-refractivity contribution is -0.137. The second-order valence-electron chi connectivity index (χ2n) is 6.35. The van der Waals surface area contributed by atoms with E-state index in [9.17, 15) is 4.79 Å². The minimum absolute atomic E-state index is 0. The lowest BCUT2D eigenvalue weighted by Gasteiger charge is -2.36. The Kier molecular flexibility index (Phi) is 11.3. The predicted octanol–water partition coefficient (Wildman–Crippen LogP) is 2.98. The summed E-state index contributed by atoms with van der Waals surface area (Å²) in [6.45, 7) is 6.00. The van der Waals surface area contributed by atoms with Gasteiger partial charge in [0.05, 0.1) is 0 Å². The Balaban J connectivity index is 0.00000264. The van der Waals surface area contributed by atoms with Gasteiger partial charge < -0.3 is 10.2 Å². The minimum atomic E-state index is -0.175. The van der Waals surface area contributed by atoms with Gasteiger partial charge in [-0.2, -0.15) is 0 Å². The molecule has 1 aromatic rings. The number of benzene rings is 1. The molecular weight excluding hydrogens is 345 g/mol. The van der Waals surface area contributed by atoms with Gasteiger partial charge in [0.15, 0.2) is 0 Å². The van der Waals surface area contributed by atoms with Crippen molar-refractivity contribution < 1.29 is 4.79 Å². The maximum atomic E-state index is 12.9. The van der Waals surface area contributed by atoms with E-state index in [1.54, 1.807) is 0 Å². The molecule has 1 atom stereocenters. The number of likely N-dealkylation sites (tertiary alicyclic amines) is 1. The number of rotatable bonds is 6. The molecule has 1 aliphatic rings. The van der Waals surface area contributed by atoms with E-state index in [1.165, 1.54) is 0 Å². The van der Waals surface area contributed by atoms with Crippen LogP contribution >= 0.6 is 24.8 Å². The molecule has 0 radical (unpaired) electrons. The molecule has 1 aromatic carbocycles. The van der Waals surface area contributed by atoms with Gasteiger partial charge in [-0.15, -0.1) is 24.8 Å². The van der Waals surface area contributed by atoms with E-state index in [2.05, 4.69) is 12.2 Å². The summed E-state index contributed by atoms with van der Waals surface area (Å²) in [4.78, 5) is 17.0. The number of piperidine rings is 1. The van der Waals surface area contributed by atoms with Crippen LogP contribution in [0.5, 0.6) is 0 Å². The molecule has 1 fully saturated rings. The number of amides is 1. The van der Waals surface area contributed by atoms with Crippen molar-refractivity contribution in [1.29, 1.82) is 0 Å². The summed E-state index contributed by atoms with van der Waals surface area (Å²) in [5.41, 5.74) is 1.08. The van der Waals surface area contributed by atoms with Crippen molar-refractivity contribution >= 4 is 30.7 Å². The van der Waals surface area contributed by atoms with Crippen LogP contribution in [0.15, 0.2) is 30.3 Å². The highest BCUT2D eigenvalue weighted by Gasteiger charge is 2.30. The monoisotopic (exact) mass is 375 g/mol. The quantitative estimate of drug-likeness (QED) is 0.829.